The van der Waals surface area contributed by atoms with E-state index in [0.717, 1.165) is 17.3 Å². The smallest absolute Gasteiger partial charge is 0.277 e. The van der Waals surface area contributed by atoms with E-state index in [-0.39, 0.29) is 16.9 Å². The van der Waals surface area contributed by atoms with Crippen molar-refractivity contribution >= 4 is 23.4 Å². The van der Waals surface area contributed by atoms with Crippen LogP contribution >= 0.6 is 11.8 Å². The van der Waals surface area contributed by atoms with E-state index in [1.165, 1.54) is 24.3 Å². The molecule has 31 heavy (non-hydrogen) atoms. The number of amides is 1. The maximum absolute atomic E-state index is 13.2. The number of hydrogen-bond acceptors (Lipinski definition) is 6. The van der Waals surface area contributed by atoms with Crippen LogP contribution in [0.3, 0.4) is 0 Å². The SMILES string of the molecule is COc1ccccc1-c1nnc(SC(C(=O)Nc2ccc(F)cc2)c2ccccc2)o1. The number of ether oxygens (including phenoxy) is 1. The summed E-state index contributed by atoms with van der Waals surface area (Å²) in [6, 6.07) is 22.2. The highest BCUT2D eigenvalue weighted by Crippen LogP contribution is 2.37. The van der Waals surface area contributed by atoms with Crippen LogP contribution in [0.15, 0.2) is 88.5 Å². The van der Waals surface area contributed by atoms with Gasteiger partial charge in [0.05, 0.1) is 12.7 Å². The maximum Gasteiger partial charge on any atom is 0.277 e. The van der Waals surface area contributed by atoms with Gasteiger partial charge in [-0.1, -0.05) is 42.5 Å². The highest BCUT2D eigenvalue weighted by atomic mass is 32.2. The number of aromatic nitrogens is 2. The molecule has 4 aromatic rings. The average molecular weight is 435 g/mol. The number of rotatable bonds is 7. The summed E-state index contributed by atoms with van der Waals surface area (Å²) in [7, 11) is 1.57. The van der Waals surface area contributed by atoms with Crippen LogP contribution in [0, 0.1) is 5.82 Å². The van der Waals surface area contributed by atoms with Crippen LogP contribution in [0.1, 0.15) is 10.8 Å². The number of halogens is 1. The molecule has 1 aromatic heterocycles. The Morgan fingerprint density at radius 3 is 2.45 bits per heavy atom. The lowest BCUT2D eigenvalue weighted by Crippen LogP contribution is -2.19. The van der Waals surface area contributed by atoms with Crippen LogP contribution in [-0.2, 0) is 4.79 Å². The molecule has 0 bridgehead atoms. The third-order valence-corrected chi connectivity index (χ3v) is 5.50. The molecule has 1 atom stereocenters. The minimum absolute atomic E-state index is 0.240. The summed E-state index contributed by atoms with van der Waals surface area (Å²) in [5, 5.41) is 10.6. The lowest BCUT2D eigenvalue weighted by molar-refractivity contribution is -0.115. The van der Waals surface area contributed by atoms with Crippen LogP contribution in [-0.4, -0.2) is 23.2 Å². The van der Waals surface area contributed by atoms with Gasteiger partial charge in [0.25, 0.3) is 11.1 Å². The molecule has 1 amide bonds. The van der Waals surface area contributed by atoms with Gasteiger partial charge in [-0.05, 0) is 53.7 Å². The van der Waals surface area contributed by atoms with E-state index in [9.17, 15) is 9.18 Å². The van der Waals surface area contributed by atoms with Crippen molar-refractivity contribution in [3.63, 3.8) is 0 Å². The Morgan fingerprint density at radius 1 is 1.00 bits per heavy atom. The van der Waals surface area contributed by atoms with E-state index in [4.69, 9.17) is 9.15 Å². The molecule has 0 aliphatic rings. The Kier molecular flexibility index (Phi) is 6.28. The first-order valence-corrected chi connectivity index (χ1v) is 10.3. The van der Waals surface area contributed by atoms with E-state index < -0.39 is 5.25 Å². The molecular formula is C23H18FN3O3S. The number of anilines is 1. The Hall–Kier alpha value is -3.65. The number of carbonyl (C=O) groups is 1. The summed E-state index contributed by atoms with van der Waals surface area (Å²) in [5.41, 5.74) is 1.92. The summed E-state index contributed by atoms with van der Waals surface area (Å²) in [5.74, 6) is 0.239. The summed E-state index contributed by atoms with van der Waals surface area (Å²) in [4.78, 5) is 13.0. The van der Waals surface area contributed by atoms with Crippen molar-refractivity contribution in [2.45, 2.75) is 10.5 Å². The zero-order valence-corrected chi connectivity index (χ0v) is 17.3. The number of carbonyl (C=O) groups excluding carboxylic acids is 1. The van der Waals surface area contributed by atoms with Gasteiger partial charge in [0, 0.05) is 5.69 Å². The van der Waals surface area contributed by atoms with Gasteiger partial charge in [-0.15, -0.1) is 10.2 Å². The van der Waals surface area contributed by atoms with Crippen molar-refractivity contribution in [2.75, 3.05) is 12.4 Å². The van der Waals surface area contributed by atoms with Crippen molar-refractivity contribution in [2.24, 2.45) is 0 Å². The lowest BCUT2D eigenvalue weighted by Gasteiger charge is -2.15. The maximum atomic E-state index is 13.2. The molecule has 1 unspecified atom stereocenters. The summed E-state index contributed by atoms with van der Waals surface area (Å²) >= 11 is 1.13. The fraction of sp³-hybridized carbons (Fsp3) is 0.0870. The van der Waals surface area contributed by atoms with Gasteiger partial charge in [-0.3, -0.25) is 4.79 Å². The molecule has 0 saturated heterocycles. The van der Waals surface area contributed by atoms with Crippen molar-refractivity contribution in [1.82, 2.24) is 10.2 Å². The highest BCUT2D eigenvalue weighted by molar-refractivity contribution is 8.00. The predicted octanol–water partition coefficient (Wildman–Crippen LogP) is 5.36. The molecule has 0 spiro atoms. The second-order valence-electron chi connectivity index (χ2n) is 6.48. The molecular weight excluding hydrogens is 417 g/mol. The molecule has 156 valence electrons. The third-order valence-electron chi connectivity index (χ3n) is 4.41. The van der Waals surface area contributed by atoms with Crippen LogP contribution in [0.4, 0.5) is 10.1 Å². The first-order valence-electron chi connectivity index (χ1n) is 9.39. The molecule has 6 nitrogen and oxygen atoms in total. The minimum Gasteiger partial charge on any atom is -0.496 e. The van der Waals surface area contributed by atoms with E-state index in [1.54, 1.807) is 13.2 Å². The quantitative estimate of drug-likeness (QED) is 0.394. The molecule has 1 N–H and O–H groups in total. The lowest BCUT2D eigenvalue weighted by atomic mass is 10.1. The van der Waals surface area contributed by atoms with E-state index >= 15 is 0 Å². The molecule has 0 saturated carbocycles. The Balaban J connectivity index is 1.59. The zero-order valence-electron chi connectivity index (χ0n) is 16.5. The van der Waals surface area contributed by atoms with Crippen molar-refractivity contribution in [1.29, 1.82) is 0 Å². The van der Waals surface area contributed by atoms with Gasteiger partial charge in [0.2, 0.25) is 5.91 Å². The zero-order chi connectivity index (χ0) is 21.6. The minimum atomic E-state index is -0.655. The number of methoxy groups -OCH3 is 1. The summed E-state index contributed by atoms with van der Waals surface area (Å²) in [6.45, 7) is 0. The van der Waals surface area contributed by atoms with E-state index in [0.29, 0.717) is 22.9 Å². The predicted molar refractivity (Wildman–Crippen MR) is 116 cm³/mol. The van der Waals surface area contributed by atoms with Gasteiger partial charge in [0.15, 0.2) is 0 Å². The topological polar surface area (TPSA) is 77.2 Å². The number of benzene rings is 3. The number of hydrogen-bond donors (Lipinski definition) is 1. The standard InChI is InChI=1S/C23H18FN3O3S/c1-29-19-10-6-5-9-18(19)22-26-27-23(30-22)31-20(15-7-3-2-4-8-15)21(28)25-17-13-11-16(24)12-14-17/h2-14,20H,1H3,(H,25,28). The van der Waals surface area contributed by atoms with E-state index in [2.05, 4.69) is 15.5 Å². The first kappa shape index (κ1) is 20.6. The Bertz CT molecular complexity index is 1170. The summed E-state index contributed by atoms with van der Waals surface area (Å²) < 4.78 is 24.3. The second kappa shape index (κ2) is 9.44. The van der Waals surface area contributed by atoms with Crippen molar-refractivity contribution < 1.29 is 18.3 Å². The summed E-state index contributed by atoms with van der Waals surface area (Å²) in [6.07, 6.45) is 0. The van der Waals surface area contributed by atoms with Gasteiger partial charge in [0.1, 0.15) is 16.8 Å². The van der Waals surface area contributed by atoms with Gasteiger partial charge in [-0.25, -0.2) is 4.39 Å². The van der Waals surface area contributed by atoms with E-state index in [1.807, 2.05) is 48.5 Å². The van der Waals surface area contributed by atoms with Gasteiger partial charge >= 0.3 is 0 Å². The average Bonchev–Trinajstić information content (AvgIpc) is 3.28. The monoisotopic (exact) mass is 435 g/mol. The van der Waals surface area contributed by atoms with Crippen molar-refractivity contribution in [3.8, 4) is 17.2 Å². The molecule has 4 rings (SSSR count). The molecule has 0 aliphatic carbocycles. The third kappa shape index (κ3) is 4.92. The van der Waals surface area contributed by atoms with Crippen LogP contribution < -0.4 is 10.1 Å². The molecule has 1 heterocycles. The number of para-hydroxylation sites is 1. The fourth-order valence-corrected chi connectivity index (χ4v) is 3.81. The van der Waals surface area contributed by atoms with Crippen molar-refractivity contribution in [3.05, 3.63) is 90.2 Å². The van der Waals surface area contributed by atoms with Crippen LogP contribution in [0.5, 0.6) is 5.75 Å². The Labute approximate surface area is 182 Å². The second-order valence-corrected chi connectivity index (χ2v) is 7.53. The Morgan fingerprint density at radius 2 is 1.71 bits per heavy atom. The highest BCUT2D eigenvalue weighted by Gasteiger charge is 2.25. The molecule has 8 heteroatoms. The number of nitrogens with zero attached hydrogens (tertiary/aromatic N) is 2. The number of thioether (sulfide) groups is 1. The van der Waals surface area contributed by atoms with Crippen LogP contribution in [0.25, 0.3) is 11.5 Å². The first-order chi connectivity index (χ1) is 15.1. The van der Waals surface area contributed by atoms with Crippen LogP contribution in [0.2, 0.25) is 0 Å². The normalized spacial score (nSPS) is 11.7. The van der Waals surface area contributed by atoms with Gasteiger partial charge < -0.3 is 14.5 Å². The molecule has 0 radical (unpaired) electrons. The molecule has 0 aliphatic heterocycles. The number of nitrogens with one attached hydrogen (secondary N) is 1. The largest absolute Gasteiger partial charge is 0.496 e. The van der Waals surface area contributed by atoms with Gasteiger partial charge in [-0.2, -0.15) is 0 Å². The fourth-order valence-electron chi connectivity index (χ4n) is 2.93. The molecule has 0 fully saturated rings. The molecule has 3 aromatic carbocycles.